The number of hydrogen-bond donors (Lipinski definition) is 0. The summed E-state index contributed by atoms with van der Waals surface area (Å²) in [5.74, 6) is 2.51. The normalized spacial score (nSPS) is 15.9. The maximum atomic E-state index is 5.79. The van der Waals surface area contributed by atoms with Crippen molar-refractivity contribution in [2.45, 2.75) is 32.1 Å². The molecule has 1 aliphatic rings. The Kier molecular flexibility index (Phi) is 3.70. The fourth-order valence-corrected chi connectivity index (χ4v) is 2.39. The number of rotatable bonds is 4. The summed E-state index contributed by atoms with van der Waals surface area (Å²) in [6.07, 6.45) is 6.04. The standard InChI is InChI=1S/C13H19ClN2/c1-10-6-12(7-14)8-15-13(10)16(2)9-11-4-3-5-11/h6,8,11H,3-5,7,9H2,1-2H3. The van der Waals surface area contributed by atoms with Crippen molar-refractivity contribution in [3.63, 3.8) is 0 Å². The van der Waals surface area contributed by atoms with Gasteiger partial charge in [0.05, 0.1) is 0 Å². The van der Waals surface area contributed by atoms with Gasteiger partial charge in [-0.2, -0.15) is 0 Å². The van der Waals surface area contributed by atoms with Crippen LogP contribution < -0.4 is 4.90 Å². The van der Waals surface area contributed by atoms with E-state index in [9.17, 15) is 0 Å². The summed E-state index contributed by atoms with van der Waals surface area (Å²) in [6.45, 7) is 3.24. The Hall–Kier alpha value is -0.760. The van der Waals surface area contributed by atoms with Gasteiger partial charge in [0.2, 0.25) is 0 Å². The predicted octanol–water partition coefficient (Wildman–Crippen LogP) is 3.37. The second kappa shape index (κ2) is 5.05. The van der Waals surface area contributed by atoms with Crippen molar-refractivity contribution in [2.75, 3.05) is 18.5 Å². The minimum absolute atomic E-state index is 0.542. The molecule has 2 nitrogen and oxygen atoms in total. The summed E-state index contributed by atoms with van der Waals surface area (Å²) in [5, 5.41) is 0. The highest BCUT2D eigenvalue weighted by Crippen LogP contribution is 2.28. The lowest BCUT2D eigenvalue weighted by Gasteiger charge is -2.31. The van der Waals surface area contributed by atoms with Crippen LogP contribution in [0.1, 0.15) is 30.4 Å². The molecular formula is C13H19ClN2. The van der Waals surface area contributed by atoms with E-state index in [1.54, 1.807) is 0 Å². The summed E-state index contributed by atoms with van der Waals surface area (Å²) >= 11 is 5.79. The molecule has 0 atom stereocenters. The van der Waals surface area contributed by atoms with Gasteiger partial charge in [-0.05, 0) is 42.9 Å². The second-order valence-corrected chi connectivity index (χ2v) is 5.06. The number of aromatic nitrogens is 1. The summed E-state index contributed by atoms with van der Waals surface area (Å²) in [6, 6.07) is 2.13. The zero-order chi connectivity index (χ0) is 11.5. The summed E-state index contributed by atoms with van der Waals surface area (Å²) in [4.78, 5) is 6.78. The number of hydrogen-bond acceptors (Lipinski definition) is 2. The van der Waals surface area contributed by atoms with Crippen molar-refractivity contribution in [2.24, 2.45) is 5.92 Å². The third-order valence-corrected chi connectivity index (χ3v) is 3.69. The van der Waals surface area contributed by atoms with Crippen molar-refractivity contribution in [3.8, 4) is 0 Å². The van der Waals surface area contributed by atoms with Crippen LogP contribution >= 0.6 is 11.6 Å². The summed E-state index contributed by atoms with van der Waals surface area (Å²) in [5.41, 5.74) is 2.32. The number of pyridine rings is 1. The third kappa shape index (κ3) is 2.49. The topological polar surface area (TPSA) is 16.1 Å². The number of nitrogens with zero attached hydrogens (tertiary/aromatic N) is 2. The van der Waals surface area contributed by atoms with E-state index < -0.39 is 0 Å². The summed E-state index contributed by atoms with van der Waals surface area (Å²) in [7, 11) is 2.13. The minimum atomic E-state index is 0.542. The molecule has 2 rings (SSSR count). The predicted molar refractivity (Wildman–Crippen MR) is 69.1 cm³/mol. The number of anilines is 1. The van der Waals surface area contributed by atoms with E-state index in [1.165, 1.54) is 24.8 Å². The first-order valence-electron chi connectivity index (χ1n) is 5.93. The first-order valence-corrected chi connectivity index (χ1v) is 6.46. The Balaban J connectivity index is 2.06. The van der Waals surface area contributed by atoms with Gasteiger partial charge in [-0.15, -0.1) is 11.6 Å². The lowest BCUT2D eigenvalue weighted by Crippen LogP contribution is -2.30. The maximum absolute atomic E-state index is 5.79. The van der Waals surface area contributed by atoms with Gasteiger partial charge in [0.15, 0.2) is 0 Å². The van der Waals surface area contributed by atoms with Crippen LogP contribution in [0.15, 0.2) is 12.3 Å². The number of aryl methyl sites for hydroxylation is 1. The quantitative estimate of drug-likeness (QED) is 0.748. The van der Waals surface area contributed by atoms with Crippen LogP contribution in [-0.2, 0) is 5.88 Å². The average molecular weight is 239 g/mol. The number of alkyl halides is 1. The maximum Gasteiger partial charge on any atom is 0.131 e. The molecule has 0 radical (unpaired) electrons. The van der Waals surface area contributed by atoms with E-state index in [-0.39, 0.29) is 0 Å². The van der Waals surface area contributed by atoms with Crippen LogP contribution in [0.4, 0.5) is 5.82 Å². The van der Waals surface area contributed by atoms with Crippen molar-refractivity contribution < 1.29 is 0 Å². The molecule has 1 aromatic rings. The first-order chi connectivity index (χ1) is 7.70. The molecule has 0 unspecified atom stereocenters. The van der Waals surface area contributed by atoms with Gasteiger partial charge < -0.3 is 4.90 Å². The zero-order valence-corrected chi connectivity index (χ0v) is 10.8. The van der Waals surface area contributed by atoms with Crippen molar-refractivity contribution >= 4 is 17.4 Å². The molecule has 1 aromatic heterocycles. The third-order valence-electron chi connectivity index (χ3n) is 3.38. The highest BCUT2D eigenvalue weighted by molar-refractivity contribution is 6.17. The Morgan fingerprint density at radius 1 is 1.50 bits per heavy atom. The molecule has 1 heterocycles. The van der Waals surface area contributed by atoms with Gasteiger partial charge in [0.25, 0.3) is 0 Å². The molecular weight excluding hydrogens is 220 g/mol. The van der Waals surface area contributed by atoms with E-state index in [4.69, 9.17) is 11.6 Å². The van der Waals surface area contributed by atoms with Gasteiger partial charge in [-0.25, -0.2) is 4.98 Å². The van der Waals surface area contributed by atoms with E-state index in [0.717, 1.165) is 23.8 Å². The fraction of sp³-hybridized carbons (Fsp3) is 0.615. The molecule has 0 aromatic carbocycles. The monoisotopic (exact) mass is 238 g/mol. The van der Waals surface area contributed by atoms with Crippen LogP contribution in [0.2, 0.25) is 0 Å². The van der Waals surface area contributed by atoms with E-state index in [2.05, 4.69) is 29.9 Å². The summed E-state index contributed by atoms with van der Waals surface area (Å²) < 4.78 is 0. The molecule has 3 heteroatoms. The highest BCUT2D eigenvalue weighted by Gasteiger charge is 2.20. The molecule has 0 N–H and O–H groups in total. The SMILES string of the molecule is Cc1cc(CCl)cnc1N(C)CC1CCC1. The molecule has 1 fully saturated rings. The van der Waals surface area contributed by atoms with Gasteiger partial charge in [-0.3, -0.25) is 0 Å². The Morgan fingerprint density at radius 3 is 2.75 bits per heavy atom. The Bertz CT molecular complexity index is 361. The smallest absolute Gasteiger partial charge is 0.131 e. The molecule has 0 aliphatic heterocycles. The van der Waals surface area contributed by atoms with Crippen LogP contribution in [-0.4, -0.2) is 18.6 Å². The van der Waals surface area contributed by atoms with Gasteiger partial charge in [-0.1, -0.05) is 6.42 Å². The molecule has 1 aliphatic carbocycles. The minimum Gasteiger partial charge on any atom is -0.359 e. The van der Waals surface area contributed by atoms with E-state index in [0.29, 0.717) is 5.88 Å². The molecule has 1 saturated carbocycles. The second-order valence-electron chi connectivity index (χ2n) is 4.80. The van der Waals surface area contributed by atoms with Crippen molar-refractivity contribution in [1.29, 1.82) is 0 Å². The molecule has 0 bridgehead atoms. The van der Waals surface area contributed by atoms with E-state index >= 15 is 0 Å². The lowest BCUT2D eigenvalue weighted by molar-refractivity contribution is 0.321. The van der Waals surface area contributed by atoms with Crippen LogP contribution in [0.5, 0.6) is 0 Å². The number of halogens is 1. The van der Waals surface area contributed by atoms with Crippen LogP contribution in [0.3, 0.4) is 0 Å². The first kappa shape index (κ1) is 11.7. The molecule has 88 valence electrons. The largest absolute Gasteiger partial charge is 0.359 e. The van der Waals surface area contributed by atoms with Crippen LogP contribution in [0.25, 0.3) is 0 Å². The Labute approximate surface area is 103 Å². The highest BCUT2D eigenvalue weighted by atomic mass is 35.5. The molecule has 0 spiro atoms. The molecule has 0 amide bonds. The lowest BCUT2D eigenvalue weighted by atomic mass is 9.85. The zero-order valence-electron chi connectivity index (χ0n) is 10.0. The van der Waals surface area contributed by atoms with Gasteiger partial charge in [0, 0.05) is 25.7 Å². The van der Waals surface area contributed by atoms with Crippen molar-refractivity contribution in [1.82, 2.24) is 4.98 Å². The molecule has 16 heavy (non-hydrogen) atoms. The van der Waals surface area contributed by atoms with E-state index in [1.807, 2.05) is 6.20 Å². The van der Waals surface area contributed by atoms with Gasteiger partial charge in [0.1, 0.15) is 5.82 Å². The average Bonchev–Trinajstić information content (AvgIpc) is 2.23. The Morgan fingerprint density at radius 2 is 2.25 bits per heavy atom. The van der Waals surface area contributed by atoms with Crippen LogP contribution in [0, 0.1) is 12.8 Å². The van der Waals surface area contributed by atoms with Gasteiger partial charge >= 0.3 is 0 Å². The van der Waals surface area contributed by atoms with Crippen molar-refractivity contribution in [3.05, 3.63) is 23.4 Å². The fourth-order valence-electron chi connectivity index (χ4n) is 2.25. The molecule has 0 saturated heterocycles.